The lowest BCUT2D eigenvalue weighted by atomic mass is 10.1. The summed E-state index contributed by atoms with van der Waals surface area (Å²) in [7, 11) is 0. The zero-order chi connectivity index (χ0) is 16.8. The largest absolute Gasteiger partial charge is 0.352 e. The van der Waals surface area contributed by atoms with Gasteiger partial charge in [0.15, 0.2) is 0 Å². The van der Waals surface area contributed by atoms with Crippen LogP contribution >= 0.6 is 0 Å². The molecule has 4 nitrogen and oxygen atoms in total. The van der Waals surface area contributed by atoms with Crippen molar-refractivity contribution in [3.63, 3.8) is 0 Å². The topological polar surface area (TPSA) is 58.2 Å². The summed E-state index contributed by atoms with van der Waals surface area (Å²) in [6, 6.07) is 12.5. The van der Waals surface area contributed by atoms with E-state index in [2.05, 4.69) is 10.6 Å². The number of anilines is 1. The van der Waals surface area contributed by atoms with E-state index in [0.29, 0.717) is 17.7 Å². The van der Waals surface area contributed by atoms with Crippen LogP contribution in [0.2, 0.25) is 0 Å². The van der Waals surface area contributed by atoms with Gasteiger partial charge in [0.1, 0.15) is 0 Å². The van der Waals surface area contributed by atoms with Gasteiger partial charge in [0.2, 0.25) is 0 Å². The predicted molar refractivity (Wildman–Crippen MR) is 92.9 cm³/mol. The summed E-state index contributed by atoms with van der Waals surface area (Å²) in [5.41, 5.74) is 3.91. The highest BCUT2D eigenvalue weighted by Crippen LogP contribution is 2.19. The maximum Gasteiger partial charge on any atom is 0.255 e. The Morgan fingerprint density at radius 3 is 2.30 bits per heavy atom. The zero-order valence-electron chi connectivity index (χ0n) is 13.8. The van der Waals surface area contributed by atoms with Crippen LogP contribution in [0.3, 0.4) is 0 Å². The fraction of sp³-hybridized carbons (Fsp3) is 0.263. The molecule has 0 saturated carbocycles. The van der Waals surface area contributed by atoms with Crippen LogP contribution in [0.15, 0.2) is 42.5 Å². The monoisotopic (exact) mass is 310 g/mol. The molecule has 2 amide bonds. The van der Waals surface area contributed by atoms with Crippen LogP contribution in [0.25, 0.3) is 0 Å². The number of hydrogen-bond donors (Lipinski definition) is 2. The highest BCUT2D eigenvalue weighted by molar-refractivity contribution is 6.06. The average molecular weight is 310 g/mol. The van der Waals surface area contributed by atoms with Crippen LogP contribution in [0.5, 0.6) is 0 Å². The summed E-state index contributed by atoms with van der Waals surface area (Å²) in [6.07, 6.45) is 0.874. The molecule has 0 spiro atoms. The molecule has 2 rings (SSSR count). The number of hydrogen-bond acceptors (Lipinski definition) is 2. The first kappa shape index (κ1) is 16.7. The molecular formula is C19H22N2O2. The highest BCUT2D eigenvalue weighted by atomic mass is 16.2. The molecule has 0 aromatic heterocycles. The van der Waals surface area contributed by atoms with E-state index in [0.717, 1.165) is 23.2 Å². The molecule has 2 aromatic carbocycles. The minimum atomic E-state index is -0.219. The van der Waals surface area contributed by atoms with Gasteiger partial charge in [0.05, 0.1) is 0 Å². The van der Waals surface area contributed by atoms with Crippen molar-refractivity contribution in [2.75, 3.05) is 11.9 Å². The second kappa shape index (κ2) is 7.58. The molecule has 0 heterocycles. The van der Waals surface area contributed by atoms with Crippen LogP contribution in [0.4, 0.5) is 5.69 Å². The Hall–Kier alpha value is -2.62. The third-order valence-electron chi connectivity index (χ3n) is 3.78. The van der Waals surface area contributed by atoms with Gasteiger partial charge in [-0.1, -0.05) is 25.1 Å². The summed E-state index contributed by atoms with van der Waals surface area (Å²) < 4.78 is 0. The van der Waals surface area contributed by atoms with Crippen molar-refractivity contribution in [3.05, 3.63) is 64.7 Å². The van der Waals surface area contributed by atoms with Gasteiger partial charge in [-0.15, -0.1) is 0 Å². The van der Waals surface area contributed by atoms with Crippen LogP contribution < -0.4 is 10.6 Å². The van der Waals surface area contributed by atoms with E-state index in [1.807, 2.05) is 39.0 Å². The lowest BCUT2D eigenvalue weighted by Crippen LogP contribution is -2.24. The number of amides is 2. The van der Waals surface area contributed by atoms with E-state index < -0.39 is 0 Å². The van der Waals surface area contributed by atoms with Crippen LogP contribution in [-0.2, 0) is 0 Å². The van der Waals surface area contributed by atoms with Crippen molar-refractivity contribution in [2.45, 2.75) is 27.2 Å². The fourth-order valence-corrected chi connectivity index (χ4v) is 2.22. The molecular weight excluding hydrogens is 288 g/mol. The Bertz CT molecular complexity index is 723. The van der Waals surface area contributed by atoms with Crippen LogP contribution in [0.1, 0.15) is 45.2 Å². The average Bonchev–Trinajstić information content (AvgIpc) is 2.57. The molecule has 2 aromatic rings. The molecule has 0 fully saturated rings. The van der Waals surface area contributed by atoms with Crippen molar-refractivity contribution < 1.29 is 9.59 Å². The standard InChI is InChI=1S/C19H22N2O2/c1-4-11-20-18(22)15-8-6-9-16(12-15)19(23)21-17-10-5-7-13(2)14(17)3/h5-10,12H,4,11H2,1-3H3,(H,20,22)(H,21,23). The van der Waals surface area contributed by atoms with Gasteiger partial charge in [-0.3, -0.25) is 9.59 Å². The summed E-state index contributed by atoms with van der Waals surface area (Å²) in [4.78, 5) is 24.4. The van der Waals surface area contributed by atoms with Crippen molar-refractivity contribution >= 4 is 17.5 Å². The molecule has 0 aliphatic rings. The van der Waals surface area contributed by atoms with Gasteiger partial charge in [-0.25, -0.2) is 0 Å². The van der Waals surface area contributed by atoms with Gasteiger partial charge in [-0.2, -0.15) is 0 Å². The van der Waals surface area contributed by atoms with Crippen molar-refractivity contribution in [1.29, 1.82) is 0 Å². The number of carbonyl (C=O) groups excluding carboxylic acids is 2. The molecule has 0 atom stereocenters. The first-order valence-electron chi connectivity index (χ1n) is 7.78. The molecule has 4 heteroatoms. The normalized spacial score (nSPS) is 10.2. The Morgan fingerprint density at radius 2 is 1.61 bits per heavy atom. The maximum absolute atomic E-state index is 12.4. The fourth-order valence-electron chi connectivity index (χ4n) is 2.22. The van der Waals surface area contributed by atoms with Gasteiger partial charge >= 0.3 is 0 Å². The van der Waals surface area contributed by atoms with E-state index in [4.69, 9.17) is 0 Å². The van der Waals surface area contributed by atoms with E-state index in [-0.39, 0.29) is 11.8 Å². The Kier molecular flexibility index (Phi) is 5.52. The molecule has 0 bridgehead atoms. The Morgan fingerprint density at radius 1 is 0.957 bits per heavy atom. The van der Waals surface area contributed by atoms with Gasteiger partial charge in [-0.05, 0) is 55.7 Å². The molecule has 120 valence electrons. The molecule has 0 aliphatic heterocycles. The Balaban J connectivity index is 2.16. The third-order valence-corrected chi connectivity index (χ3v) is 3.78. The number of aryl methyl sites for hydroxylation is 1. The number of carbonyl (C=O) groups is 2. The van der Waals surface area contributed by atoms with Gasteiger partial charge < -0.3 is 10.6 Å². The Labute approximate surface area is 136 Å². The number of nitrogens with one attached hydrogen (secondary N) is 2. The number of benzene rings is 2. The molecule has 2 N–H and O–H groups in total. The third kappa shape index (κ3) is 4.19. The quantitative estimate of drug-likeness (QED) is 0.884. The first-order valence-corrected chi connectivity index (χ1v) is 7.78. The van der Waals surface area contributed by atoms with Crippen molar-refractivity contribution in [3.8, 4) is 0 Å². The van der Waals surface area contributed by atoms with E-state index in [1.54, 1.807) is 24.3 Å². The zero-order valence-corrected chi connectivity index (χ0v) is 13.8. The molecule has 0 aliphatic carbocycles. The number of rotatable bonds is 5. The lowest BCUT2D eigenvalue weighted by molar-refractivity contribution is 0.0953. The van der Waals surface area contributed by atoms with E-state index in [9.17, 15) is 9.59 Å². The second-order valence-electron chi connectivity index (χ2n) is 5.54. The summed E-state index contributed by atoms with van der Waals surface area (Å²) in [6.45, 7) is 6.59. The van der Waals surface area contributed by atoms with Crippen LogP contribution in [-0.4, -0.2) is 18.4 Å². The molecule has 0 unspecified atom stereocenters. The molecule has 23 heavy (non-hydrogen) atoms. The molecule has 0 radical (unpaired) electrons. The SMILES string of the molecule is CCCNC(=O)c1cccc(C(=O)Nc2cccc(C)c2C)c1. The first-order chi connectivity index (χ1) is 11.0. The van der Waals surface area contributed by atoms with Gasteiger partial charge in [0.25, 0.3) is 11.8 Å². The van der Waals surface area contributed by atoms with E-state index in [1.165, 1.54) is 0 Å². The summed E-state index contributed by atoms with van der Waals surface area (Å²) in [5.74, 6) is -0.378. The lowest BCUT2D eigenvalue weighted by Gasteiger charge is -2.11. The maximum atomic E-state index is 12.4. The van der Waals surface area contributed by atoms with Crippen LogP contribution in [0, 0.1) is 13.8 Å². The van der Waals surface area contributed by atoms with Crippen molar-refractivity contribution in [2.24, 2.45) is 0 Å². The smallest absolute Gasteiger partial charge is 0.255 e. The molecule has 0 saturated heterocycles. The van der Waals surface area contributed by atoms with E-state index >= 15 is 0 Å². The predicted octanol–water partition coefficient (Wildman–Crippen LogP) is 3.70. The summed E-state index contributed by atoms with van der Waals surface area (Å²) >= 11 is 0. The van der Waals surface area contributed by atoms with Gasteiger partial charge in [0, 0.05) is 23.4 Å². The highest BCUT2D eigenvalue weighted by Gasteiger charge is 2.11. The second-order valence-corrected chi connectivity index (χ2v) is 5.54. The van der Waals surface area contributed by atoms with Crippen molar-refractivity contribution in [1.82, 2.24) is 5.32 Å². The summed E-state index contributed by atoms with van der Waals surface area (Å²) in [5, 5.41) is 5.72. The minimum absolute atomic E-state index is 0.159. The minimum Gasteiger partial charge on any atom is -0.352 e.